The van der Waals surface area contributed by atoms with E-state index in [0.29, 0.717) is 6.61 Å². The molecule has 3 rings (SSSR count). The van der Waals surface area contributed by atoms with E-state index in [9.17, 15) is 4.79 Å². The Balaban J connectivity index is 1.73. The standard InChI is InChI=1S/C19H21NO3/c1-13-10-16(3-2-15(13)11-19(20)21)14-4-6-17(7-5-14)23-18-8-9-22-12-18/h2-7,10,18H,8-9,11-12H2,1H3,(H2,20,21). The van der Waals surface area contributed by atoms with Crippen LogP contribution in [-0.4, -0.2) is 25.2 Å². The van der Waals surface area contributed by atoms with Crippen molar-refractivity contribution in [1.82, 2.24) is 0 Å². The molecular formula is C19H21NO3. The molecule has 1 unspecified atom stereocenters. The van der Waals surface area contributed by atoms with Gasteiger partial charge in [-0.2, -0.15) is 0 Å². The van der Waals surface area contributed by atoms with Crippen molar-refractivity contribution in [2.24, 2.45) is 5.73 Å². The summed E-state index contributed by atoms with van der Waals surface area (Å²) in [6.07, 6.45) is 1.39. The topological polar surface area (TPSA) is 61.6 Å². The second-order valence-electron chi connectivity index (χ2n) is 5.91. The minimum Gasteiger partial charge on any atom is -0.488 e. The molecule has 1 aliphatic heterocycles. The molecule has 0 spiro atoms. The fourth-order valence-corrected chi connectivity index (χ4v) is 2.79. The van der Waals surface area contributed by atoms with E-state index in [2.05, 4.69) is 6.07 Å². The lowest BCUT2D eigenvalue weighted by Crippen LogP contribution is -2.15. The Bertz CT molecular complexity index is 688. The molecule has 0 aromatic heterocycles. The second kappa shape index (κ2) is 6.84. The van der Waals surface area contributed by atoms with Crippen LogP contribution in [0.4, 0.5) is 0 Å². The van der Waals surface area contributed by atoms with Gasteiger partial charge in [0, 0.05) is 6.42 Å². The van der Waals surface area contributed by atoms with E-state index in [0.717, 1.165) is 41.0 Å². The van der Waals surface area contributed by atoms with E-state index >= 15 is 0 Å². The van der Waals surface area contributed by atoms with Crippen LogP contribution in [0.3, 0.4) is 0 Å². The predicted molar refractivity (Wildman–Crippen MR) is 89.4 cm³/mol. The van der Waals surface area contributed by atoms with Crippen molar-refractivity contribution in [3.05, 3.63) is 53.6 Å². The SMILES string of the molecule is Cc1cc(-c2ccc(OC3CCOC3)cc2)ccc1CC(N)=O. The third-order valence-electron chi connectivity index (χ3n) is 4.09. The number of amides is 1. The molecule has 2 N–H and O–H groups in total. The highest BCUT2D eigenvalue weighted by Gasteiger charge is 2.17. The van der Waals surface area contributed by atoms with Crippen molar-refractivity contribution in [3.63, 3.8) is 0 Å². The van der Waals surface area contributed by atoms with Gasteiger partial charge in [0.05, 0.1) is 19.6 Å². The van der Waals surface area contributed by atoms with Crippen LogP contribution in [-0.2, 0) is 16.0 Å². The molecule has 1 amide bonds. The van der Waals surface area contributed by atoms with Gasteiger partial charge in [-0.1, -0.05) is 30.3 Å². The normalized spacial score (nSPS) is 17.2. The first-order valence-corrected chi connectivity index (χ1v) is 7.84. The highest BCUT2D eigenvalue weighted by molar-refractivity contribution is 5.77. The number of hydrogen-bond acceptors (Lipinski definition) is 3. The average molecular weight is 311 g/mol. The molecule has 4 heteroatoms. The van der Waals surface area contributed by atoms with Crippen LogP contribution in [0.15, 0.2) is 42.5 Å². The smallest absolute Gasteiger partial charge is 0.221 e. The molecule has 1 fully saturated rings. The van der Waals surface area contributed by atoms with E-state index in [1.54, 1.807) is 0 Å². The molecule has 0 saturated carbocycles. The van der Waals surface area contributed by atoms with Crippen LogP contribution in [0.1, 0.15) is 17.5 Å². The minimum atomic E-state index is -0.307. The Labute approximate surface area is 136 Å². The van der Waals surface area contributed by atoms with Crippen molar-refractivity contribution in [2.75, 3.05) is 13.2 Å². The Kier molecular flexibility index (Phi) is 4.63. The van der Waals surface area contributed by atoms with Gasteiger partial charge in [-0.3, -0.25) is 4.79 Å². The molecule has 2 aromatic carbocycles. The summed E-state index contributed by atoms with van der Waals surface area (Å²) in [6.45, 7) is 3.45. The molecular weight excluding hydrogens is 290 g/mol. The summed E-state index contributed by atoms with van der Waals surface area (Å²) in [6, 6.07) is 14.1. The van der Waals surface area contributed by atoms with Crippen molar-refractivity contribution in [2.45, 2.75) is 25.9 Å². The van der Waals surface area contributed by atoms with E-state index < -0.39 is 0 Å². The quantitative estimate of drug-likeness (QED) is 0.923. The van der Waals surface area contributed by atoms with Crippen LogP contribution >= 0.6 is 0 Å². The number of carbonyl (C=O) groups excluding carboxylic acids is 1. The lowest BCUT2D eigenvalue weighted by atomic mass is 9.98. The molecule has 0 radical (unpaired) electrons. The summed E-state index contributed by atoms with van der Waals surface area (Å²) < 4.78 is 11.2. The Morgan fingerprint density at radius 3 is 2.57 bits per heavy atom. The molecule has 1 saturated heterocycles. The molecule has 0 aliphatic carbocycles. The molecule has 4 nitrogen and oxygen atoms in total. The largest absolute Gasteiger partial charge is 0.488 e. The molecule has 2 aromatic rings. The maximum Gasteiger partial charge on any atom is 0.221 e. The number of nitrogens with two attached hydrogens (primary N) is 1. The first kappa shape index (κ1) is 15.6. The monoisotopic (exact) mass is 311 g/mol. The van der Waals surface area contributed by atoms with E-state index in [-0.39, 0.29) is 18.4 Å². The maximum absolute atomic E-state index is 11.1. The summed E-state index contributed by atoms with van der Waals surface area (Å²) in [7, 11) is 0. The van der Waals surface area contributed by atoms with Gasteiger partial charge in [-0.05, 0) is 41.3 Å². The molecule has 1 heterocycles. The van der Waals surface area contributed by atoms with Crippen LogP contribution < -0.4 is 10.5 Å². The summed E-state index contributed by atoms with van der Waals surface area (Å²) >= 11 is 0. The molecule has 0 bridgehead atoms. The van der Waals surface area contributed by atoms with Crippen molar-refractivity contribution >= 4 is 5.91 Å². The average Bonchev–Trinajstić information content (AvgIpc) is 3.03. The molecule has 120 valence electrons. The van der Waals surface area contributed by atoms with Gasteiger partial charge in [0.25, 0.3) is 0 Å². The lowest BCUT2D eigenvalue weighted by molar-refractivity contribution is -0.117. The molecule has 1 aliphatic rings. The number of aryl methyl sites for hydroxylation is 1. The zero-order valence-electron chi connectivity index (χ0n) is 13.2. The third kappa shape index (κ3) is 3.90. The highest BCUT2D eigenvalue weighted by Crippen LogP contribution is 2.26. The minimum absolute atomic E-state index is 0.163. The number of primary amides is 1. The predicted octanol–water partition coefficient (Wildman–Crippen LogP) is 2.86. The number of carbonyl (C=O) groups is 1. The van der Waals surface area contributed by atoms with Gasteiger partial charge >= 0.3 is 0 Å². The number of ether oxygens (including phenoxy) is 2. The van der Waals surface area contributed by atoms with Gasteiger partial charge in [0.2, 0.25) is 5.91 Å². The summed E-state index contributed by atoms with van der Waals surface area (Å²) in [5.74, 6) is 0.560. The fraction of sp³-hybridized carbons (Fsp3) is 0.316. The first-order valence-electron chi connectivity index (χ1n) is 7.84. The third-order valence-corrected chi connectivity index (χ3v) is 4.09. The molecule has 1 atom stereocenters. The maximum atomic E-state index is 11.1. The van der Waals surface area contributed by atoms with Crippen LogP contribution in [0.25, 0.3) is 11.1 Å². The first-order chi connectivity index (χ1) is 11.1. The summed E-state index contributed by atoms with van der Waals surface area (Å²) in [5, 5.41) is 0. The second-order valence-corrected chi connectivity index (χ2v) is 5.91. The Hall–Kier alpha value is -2.33. The van der Waals surface area contributed by atoms with E-state index in [4.69, 9.17) is 15.2 Å². The Morgan fingerprint density at radius 2 is 1.96 bits per heavy atom. The number of rotatable bonds is 5. The summed E-state index contributed by atoms with van der Waals surface area (Å²) in [5.41, 5.74) is 9.55. The van der Waals surface area contributed by atoms with Crippen molar-refractivity contribution in [1.29, 1.82) is 0 Å². The fourth-order valence-electron chi connectivity index (χ4n) is 2.79. The van der Waals surface area contributed by atoms with Crippen LogP contribution in [0.5, 0.6) is 5.75 Å². The van der Waals surface area contributed by atoms with Crippen molar-refractivity contribution in [3.8, 4) is 16.9 Å². The summed E-state index contributed by atoms with van der Waals surface area (Å²) in [4.78, 5) is 11.1. The van der Waals surface area contributed by atoms with Crippen LogP contribution in [0, 0.1) is 6.92 Å². The highest BCUT2D eigenvalue weighted by atomic mass is 16.5. The van der Waals surface area contributed by atoms with Gasteiger partial charge in [-0.25, -0.2) is 0 Å². The van der Waals surface area contributed by atoms with Crippen molar-refractivity contribution < 1.29 is 14.3 Å². The van der Waals surface area contributed by atoms with Gasteiger partial charge < -0.3 is 15.2 Å². The lowest BCUT2D eigenvalue weighted by Gasteiger charge is -2.12. The van der Waals surface area contributed by atoms with Crippen LogP contribution in [0.2, 0.25) is 0 Å². The zero-order chi connectivity index (χ0) is 16.2. The van der Waals surface area contributed by atoms with Gasteiger partial charge in [0.1, 0.15) is 11.9 Å². The van der Waals surface area contributed by atoms with E-state index in [1.165, 1.54) is 0 Å². The molecule has 23 heavy (non-hydrogen) atoms. The number of benzene rings is 2. The Morgan fingerprint density at radius 1 is 1.22 bits per heavy atom. The zero-order valence-corrected chi connectivity index (χ0v) is 13.2. The van der Waals surface area contributed by atoms with Gasteiger partial charge in [0.15, 0.2) is 0 Å². The number of hydrogen-bond donors (Lipinski definition) is 1. The van der Waals surface area contributed by atoms with E-state index in [1.807, 2.05) is 43.3 Å². The van der Waals surface area contributed by atoms with Gasteiger partial charge in [-0.15, -0.1) is 0 Å².